The zero-order valence-corrected chi connectivity index (χ0v) is 10.9. The molecule has 0 spiro atoms. The number of methoxy groups -OCH3 is 1. The fourth-order valence-electron chi connectivity index (χ4n) is 1.55. The van der Waals surface area contributed by atoms with Crippen LogP contribution >= 0.6 is 0 Å². The van der Waals surface area contributed by atoms with E-state index < -0.39 is 12.4 Å². The number of ketones is 1. The lowest BCUT2D eigenvalue weighted by atomic mass is 10.0. The Labute approximate surface area is 114 Å². The summed E-state index contributed by atoms with van der Waals surface area (Å²) < 4.78 is 44.5. The monoisotopic (exact) mass is 291 g/mol. The van der Waals surface area contributed by atoms with Crippen LogP contribution in [0.2, 0.25) is 0 Å². The molecule has 0 saturated carbocycles. The summed E-state index contributed by atoms with van der Waals surface area (Å²) in [4.78, 5) is 11.7. The molecule has 1 aromatic rings. The minimum absolute atomic E-state index is 0.0666. The van der Waals surface area contributed by atoms with Crippen molar-refractivity contribution in [3.8, 4) is 5.75 Å². The van der Waals surface area contributed by atoms with Gasteiger partial charge in [0.2, 0.25) is 0 Å². The lowest BCUT2D eigenvalue weighted by molar-refractivity contribution is -0.274. The van der Waals surface area contributed by atoms with Crippen LogP contribution in [0.4, 0.5) is 13.2 Å². The first kappa shape index (κ1) is 16.5. The van der Waals surface area contributed by atoms with Crippen molar-refractivity contribution in [2.24, 2.45) is 5.73 Å². The minimum atomic E-state index is -4.72. The summed E-state index contributed by atoms with van der Waals surface area (Å²) in [5.74, 6) is -0.510. The molecule has 0 aliphatic heterocycles. The first-order valence-corrected chi connectivity index (χ1v) is 5.93. The Morgan fingerprint density at radius 2 is 1.90 bits per heavy atom. The Bertz CT molecular complexity index is 431. The van der Waals surface area contributed by atoms with Gasteiger partial charge in [-0.15, -0.1) is 13.2 Å². The van der Waals surface area contributed by atoms with Crippen molar-refractivity contribution in [2.75, 3.05) is 13.7 Å². The van der Waals surface area contributed by atoms with Crippen molar-refractivity contribution in [1.29, 1.82) is 0 Å². The van der Waals surface area contributed by atoms with E-state index in [2.05, 4.69) is 4.74 Å². The number of carbonyl (C=O) groups excluding carboxylic acids is 1. The molecule has 0 saturated heterocycles. The third-order valence-corrected chi connectivity index (χ3v) is 2.58. The molecule has 7 heteroatoms. The van der Waals surface area contributed by atoms with Gasteiger partial charge in [-0.3, -0.25) is 4.79 Å². The number of ether oxygens (including phenoxy) is 2. The van der Waals surface area contributed by atoms with Crippen LogP contribution in [0.15, 0.2) is 24.3 Å². The van der Waals surface area contributed by atoms with Gasteiger partial charge in [-0.05, 0) is 24.1 Å². The van der Waals surface area contributed by atoms with E-state index in [-0.39, 0.29) is 18.0 Å². The van der Waals surface area contributed by atoms with Crippen molar-refractivity contribution < 1.29 is 27.4 Å². The van der Waals surface area contributed by atoms with Gasteiger partial charge in [0.25, 0.3) is 0 Å². The number of halogens is 3. The molecule has 1 atom stereocenters. The Morgan fingerprint density at radius 1 is 1.30 bits per heavy atom. The molecular weight excluding hydrogens is 275 g/mol. The predicted molar refractivity (Wildman–Crippen MR) is 66.3 cm³/mol. The third kappa shape index (κ3) is 6.03. The zero-order chi connectivity index (χ0) is 15.2. The average molecular weight is 291 g/mol. The molecule has 0 aromatic heterocycles. The summed E-state index contributed by atoms with van der Waals surface area (Å²) in [6, 6.07) is 4.50. The predicted octanol–water partition coefficient (Wildman–Crippen LogP) is 2.06. The van der Waals surface area contributed by atoms with E-state index in [1.54, 1.807) is 0 Å². The average Bonchev–Trinajstić information content (AvgIpc) is 2.36. The molecule has 0 fully saturated rings. The lowest BCUT2D eigenvalue weighted by Gasteiger charge is -2.11. The van der Waals surface area contributed by atoms with E-state index in [9.17, 15) is 18.0 Å². The molecule has 0 radical (unpaired) electrons. The topological polar surface area (TPSA) is 61.5 Å². The third-order valence-electron chi connectivity index (χ3n) is 2.58. The maximum absolute atomic E-state index is 12.0. The van der Waals surface area contributed by atoms with Crippen LogP contribution in [0.3, 0.4) is 0 Å². The first-order valence-electron chi connectivity index (χ1n) is 5.93. The Kier molecular flexibility index (Phi) is 5.97. The van der Waals surface area contributed by atoms with Gasteiger partial charge in [0.15, 0.2) is 5.78 Å². The van der Waals surface area contributed by atoms with Crippen LogP contribution in [0.25, 0.3) is 0 Å². The van der Waals surface area contributed by atoms with Gasteiger partial charge in [0.05, 0.1) is 6.04 Å². The highest BCUT2D eigenvalue weighted by Crippen LogP contribution is 2.22. The van der Waals surface area contributed by atoms with Crippen molar-refractivity contribution >= 4 is 5.78 Å². The highest BCUT2D eigenvalue weighted by molar-refractivity contribution is 5.85. The SMILES string of the molecule is COCCC(N)C(=O)Cc1ccc(OC(F)(F)F)cc1. The molecule has 2 N–H and O–H groups in total. The number of benzene rings is 1. The number of hydrogen-bond donors (Lipinski definition) is 1. The van der Waals surface area contributed by atoms with Crippen molar-refractivity contribution in [3.05, 3.63) is 29.8 Å². The van der Waals surface area contributed by atoms with E-state index in [4.69, 9.17) is 10.5 Å². The van der Waals surface area contributed by atoms with Crippen molar-refractivity contribution in [1.82, 2.24) is 0 Å². The van der Waals surface area contributed by atoms with Gasteiger partial charge < -0.3 is 15.2 Å². The molecule has 112 valence electrons. The van der Waals surface area contributed by atoms with Crippen LogP contribution in [0, 0.1) is 0 Å². The largest absolute Gasteiger partial charge is 0.573 e. The number of carbonyl (C=O) groups is 1. The van der Waals surface area contributed by atoms with Crippen LogP contribution in [-0.4, -0.2) is 31.9 Å². The number of alkyl halides is 3. The van der Waals surface area contributed by atoms with E-state index in [0.717, 1.165) is 12.1 Å². The van der Waals surface area contributed by atoms with Gasteiger partial charge in [-0.1, -0.05) is 12.1 Å². The number of Topliss-reactive ketones (excluding diaryl/α,β-unsaturated/α-hetero) is 1. The molecule has 0 bridgehead atoms. The van der Waals surface area contributed by atoms with Gasteiger partial charge >= 0.3 is 6.36 Å². The summed E-state index contributed by atoms with van der Waals surface area (Å²) in [6.45, 7) is 0.380. The molecule has 1 aromatic carbocycles. The van der Waals surface area contributed by atoms with Crippen LogP contribution in [-0.2, 0) is 16.0 Å². The molecule has 0 heterocycles. The zero-order valence-electron chi connectivity index (χ0n) is 10.9. The van der Waals surface area contributed by atoms with Crippen LogP contribution in [0.5, 0.6) is 5.75 Å². The first-order chi connectivity index (χ1) is 9.31. The highest BCUT2D eigenvalue weighted by Gasteiger charge is 2.30. The number of nitrogens with two attached hydrogens (primary N) is 1. The van der Waals surface area contributed by atoms with E-state index in [0.29, 0.717) is 18.6 Å². The summed E-state index contributed by atoms with van der Waals surface area (Å²) >= 11 is 0. The van der Waals surface area contributed by atoms with Gasteiger partial charge in [-0.2, -0.15) is 0 Å². The minimum Gasteiger partial charge on any atom is -0.406 e. The molecule has 0 aliphatic rings. The normalized spacial score (nSPS) is 13.1. The molecule has 0 aliphatic carbocycles. The van der Waals surface area contributed by atoms with E-state index in [1.807, 2.05) is 0 Å². The van der Waals surface area contributed by atoms with Crippen LogP contribution < -0.4 is 10.5 Å². The van der Waals surface area contributed by atoms with Gasteiger partial charge in [0, 0.05) is 20.1 Å². The molecule has 4 nitrogen and oxygen atoms in total. The highest BCUT2D eigenvalue weighted by atomic mass is 19.4. The summed E-state index contributed by atoms with van der Waals surface area (Å²) in [6.07, 6.45) is -4.25. The second-order valence-electron chi connectivity index (χ2n) is 4.22. The molecule has 0 amide bonds. The van der Waals surface area contributed by atoms with Gasteiger partial charge in [-0.25, -0.2) is 0 Å². The van der Waals surface area contributed by atoms with Crippen molar-refractivity contribution in [3.63, 3.8) is 0 Å². The fourth-order valence-corrected chi connectivity index (χ4v) is 1.55. The van der Waals surface area contributed by atoms with E-state index in [1.165, 1.54) is 19.2 Å². The Balaban J connectivity index is 2.55. The Hall–Kier alpha value is -1.60. The summed E-state index contributed by atoms with van der Waals surface area (Å²) in [5, 5.41) is 0. The van der Waals surface area contributed by atoms with E-state index >= 15 is 0 Å². The quantitative estimate of drug-likeness (QED) is 0.835. The summed E-state index contributed by atoms with van der Waals surface area (Å²) in [5.41, 5.74) is 6.24. The molecule has 1 unspecified atom stereocenters. The lowest BCUT2D eigenvalue weighted by Crippen LogP contribution is -2.32. The summed E-state index contributed by atoms with van der Waals surface area (Å²) in [7, 11) is 1.51. The second-order valence-corrected chi connectivity index (χ2v) is 4.22. The molecular formula is C13H16F3NO3. The Morgan fingerprint density at radius 3 is 2.40 bits per heavy atom. The standard InChI is InChI=1S/C13H16F3NO3/c1-19-7-6-11(17)12(18)8-9-2-4-10(5-3-9)20-13(14,15)16/h2-5,11H,6-8,17H2,1H3. The molecule has 1 rings (SSSR count). The van der Waals surface area contributed by atoms with Crippen molar-refractivity contribution in [2.45, 2.75) is 25.2 Å². The molecule has 20 heavy (non-hydrogen) atoms. The second kappa shape index (κ2) is 7.25. The van der Waals surface area contributed by atoms with Gasteiger partial charge in [0.1, 0.15) is 5.75 Å². The fraction of sp³-hybridized carbons (Fsp3) is 0.462. The number of hydrogen-bond acceptors (Lipinski definition) is 4. The smallest absolute Gasteiger partial charge is 0.406 e. The maximum Gasteiger partial charge on any atom is 0.573 e. The maximum atomic E-state index is 12.0. The van der Waals surface area contributed by atoms with Crippen LogP contribution in [0.1, 0.15) is 12.0 Å². The number of rotatable bonds is 7.